The summed E-state index contributed by atoms with van der Waals surface area (Å²) < 4.78 is 0. The van der Waals surface area contributed by atoms with Crippen LogP contribution in [0.3, 0.4) is 0 Å². The van der Waals surface area contributed by atoms with Gasteiger partial charge in [-0.25, -0.2) is 4.79 Å². The smallest absolute Gasteiger partial charge is 0.321 e. The molecule has 0 spiro atoms. The van der Waals surface area contributed by atoms with Crippen LogP contribution in [0.1, 0.15) is 6.92 Å². The molecular formula is C11H16N2O2. The number of hydrogen-bond acceptors (Lipinski definition) is 2. The summed E-state index contributed by atoms with van der Waals surface area (Å²) in [6.07, 6.45) is -0.517. The lowest BCUT2D eigenvalue weighted by Crippen LogP contribution is -2.36. The summed E-state index contributed by atoms with van der Waals surface area (Å²) in [5, 5.41) is 11.8. The van der Waals surface area contributed by atoms with Crippen molar-refractivity contribution < 1.29 is 9.90 Å². The molecule has 4 nitrogen and oxygen atoms in total. The van der Waals surface area contributed by atoms with Crippen LogP contribution in [0.15, 0.2) is 30.3 Å². The van der Waals surface area contributed by atoms with Gasteiger partial charge >= 0.3 is 6.03 Å². The van der Waals surface area contributed by atoms with Gasteiger partial charge in [-0.15, -0.1) is 0 Å². The normalized spacial score (nSPS) is 11.9. The summed E-state index contributed by atoms with van der Waals surface area (Å²) in [6.45, 7) is 1.96. The molecule has 1 unspecified atom stereocenters. The first-order chi connectivity index (χ1) is 7.09. The molecule has 0 fully saturated rings. The highest BCUT2D eigenvalue weighted by Gasteiger charge is 2.10. The van der Waals surface area contributed by atoms with Crippen LogP contribution in [-0.2, 0) is 0 Å². The van der Waals surface area contributed by atoms with E-state index in [1.54, 1.807) is 14.0 Å². The average molecular weight is 208 g/mol. The molecule has 0 heterocycles. The van der Waals surface area contributed by atoms with E-state index in [4.69, 9.17) is 5.11 Å². The van der Waals surface area contributed by atoms with Gasteiger partial charge in [0.1, 0.15) is 0 Å². The Morgan fingerprint density at radius 1 is 1.47 bits per heavy atom. The van der Waals surface area contributed by atoms with E-state index in [-0.39, 0.29) is 6.03 Å². The summed E-state index contributed by atoms with van der Waals surface area (Å²) in [5.74, 6) is 0. The van der Waals surface area contributed by atoms with Crippen molar-refractivity contribution in [2.24, 2.45) is 0 Å². The molecule has 0 radical (unpaired) electrons. The number of carbonyl (C=O) groups is 1. The third kappa shape index (κ3) is 3.99. The van der Waals surface area contributed by atoms with Crippen LogP contribution in [0.25, 0.3) is 0 Å². The van der Waals surface area contributed by atoms with E-state index in [0.717, 1.165) is 5.69 Å². The van der Waals surface area contributed by atoms with Crippen molar-refractivity contribution >= 4 is 11.7 Å². The van der Waals surface area contributed by atoms with E-state index in [0.29, 0.717) is 6.54 Å². The zero-order valence-electron chi connectivity index (χ0n) is 8.97. The van der Waals surface area contributed by atoms with Gasteiger partial charge in [-0.2, -0.15) is 0 Å². The number of para-hydroxylation sites is 1. The first-order valence-electron chi connectivity index (χ1n) is 4.85. The van der Waals surface area contributed by atoms with Gasteiger partial charge in [0, 0.05) is 19.3 Å². The van der Waals surface area contributed by atoms with Gasteiger partial charge in [-0.1, -0.05) is 18.2 Å². The van der Waals surface area contributed by atoms with Gasteiger partial charge in [0.15, 0.2) is 0 Å². The molecule has 1 atom stereocenters. The Bertz CT molecular complexity index is 312. The van der Waals surface area contributed by atoms with Crippen molar-refractivity contribution in [1.82, 2.24) is 4.90 Å². The van der Waals surface area contributed by atoms with Gasteiger partial charge in [0.2, 0.25) is 0 Å². The summed E-state index contributed by atoms with van der Waals surface area (Å²) in [6, 6.07) is 8.99. The van der Waals surface area contributed by atoms with Gasteiger partial charge in [0.25, 0.3) is 0 Å². The molecule has 0 aliphatic carbocycles. The van der Waals surface area contributed by atoms with E-state index in [1.165, 1.54) is 4.90 Å². The molecule has 0 saturated heterocycles. The van der Waals surface area contributed by atoms with Crippen molar-refractivity contribution in [1.29, 1.82) is 0 Å². The molecule has 82 valence electrons. The summed E-state index contributed by atoms with van der Waals surface area (Å²) in [5.41, 5.74) is 0.750. The van der Waals surface area contributed by atoms with Crippen LogP contribution in [0.4, 0.5) is 10.5 Å². The number of aliphatic hydroxyl groups is 1. The number of aliphatic hydroxyl groups excluding tert-OH is 1. The fraction of sp³-hybridized carbons (Fsp3) is 0.364. The third-order valence-electron chi connectivity index (χ3n) is 1.91. The van der Waals surface area contributed by atoms with Crippen molar-refractivity contribution in [3.05, 3.63) is 30.3 Å². The molecule has 2 N–H and O–H groups in total. The number of urea groups is 1. The highest BCUT2D eigenvalue weighted by atomic mass is 16.3. The van der Waals surface area contributed by atoms with Crippen LogP contribution >= 0.6 is 0 Å². The lowest BCUT2D eigenvalue weighted by molar-refractivity contribution is 0.149. The quantitative estimate of drug-likeness (QED) is 0.791. The fourth-order valence-electron chi connectivity index (χ4n) is 1.22. The average Bonchev–Trinajstić information content (AvgIpc) is 2.18. The minimum atomic E-state index is -0.517. The third-order valence-corrected chi connectivity index (χ3v) is 1.91. The molecular weight excluding hydrogens is 192 g/mol. The minimum Gasteiger partial charge on any atom is -0.392 e. The van der Waals surface area contributed by atoms with Gasteiger partial charge in [-0.3, -0.25) is 0 Å². The van der Waals surface area contributed by atoms with Crippen molar-refractivity contribution in [3.8, 4) is 0 Å². The standard InChI is InChI=1S/C11H16N2O2/c1-9(14)8-13(2)11(15)12-10-6-4-3-5-7-10/h3-7,9,14H,8H2,1-2H3,(H,12,15). The highest BCUT2D eigenvalue weighted by Crippen LogP contribution is 2.05. The number of nitrogens with zero attached hydrogens (tertiary/aromatic N) is 1. The van der Waals surface area contributed by atoms with Gasteiger partial charge < -0.3 is 15.3 Å². The zero-order valence-corrected chi connectivity index (χ0v) is 8.97. The molecule has 0 bridgehead atoms. The number of carbonyl (C=O) groups excluding carboxylic acids is 1. The van der Waals surface area contributed by atoms with E-state index in [1.807, 2.05) is 30.3 Å². The molecule has 1 aromatic rings. The Hall–Kier alpha value is -1.55. The molecule has 4 heteroatoms. The predicted octanol–water partition coefficient (Wildman–Crippen LogP) is 1.53. The van der Waals surface area contributed by atoms with Gasteiger partial charge in [0.05, 0.1) is 6.10 Å². The molecule has 15 heavy (non-hydrogen) atoms. The largest absolute Gasteiger partial charge is 0.392 e. The molecule has 2 amide bonds. The van der Waals surface area contributed by atoms with Crippen molar-refractivity contribution in [2.45, 2.75) is 13.0 Å². The number of benzene rings is 1. The lowest BCUT2D eigenvalue weighted by Gasteiger charge is -2.19. The molecule has 1 rings (SSSR count). The minimum absolute atomic E-state index is 0.220. The van der Waals surface area contributed by atoms with E-state index >= 15 is 0 Å². The lowest BCUT2D eigenvalue weighted by atomic mass is 10.3. The number of anilines is 1. The number of rotatable bonds is 3. The Morgan fingerprint density at radius 3 is 2.60 bits per heavy atom. The molecule has 0 saturated carbocycles. The Morgan fingerprint density at radius 2 is 2.07 bits per heavy atom. The number of amides is 2. The van der Waals surface area contributed by atoms with Crippen LogP contribution < -0.4 is 5.32 Å². The molecule has 1 aromatic carbocycles. The maximum atomic E-state index is 11.6. The van der Waals surface area contributed by atoms with Gasteiger partial charge in [-0.05, 0) is 19.1 Å². The maximum absolute atomic E-state index is 11.6. The molecule has 0 aromatic heterocycles. The molecule has 0 aliphatic heterocycles. The summed E-state index contributed by atoms with van der Waals surface area (Å²) >= 11 is 0. The monoisotopic (exact) mass is 208 g/mol. The second-order valence-corrected chi connectivity index (χ2v) is 3.53. The summed E-state index contributed by atoms with van der Waals surface area (Å²) in [7, 11) is 1.64. The van der Waals surface area contributed by atoms with Crippen LogP contribution in [0.2, 0.25) is 0 Å². The first kappa shape index (κ1) is 11.5. The molecule has 0 aliphatic rings. The van der Waals surface area contributed by atoms with Crippen LogP contribution in [0.5, 0.6) is 0 Å². The maximum Gasteiger partial charge on any atom is 0.321 e. The van der Waals surface area contributed by atoms with Crippen molar-refractivity contribution in [2.75, 3.05) is 18.9 Å². The van der Waals surface area contributed by atoms with E-state index < -0.39 is 6.10 Å². The van der Waals surface area contributed by atoms with E-state index in [9.17, 15) is 4.79 Å². The SMILES string of the molecule is CC(O)CN(C)C(=O)Nc1ccccc1. The van der Waals surface area contributed by atoms with Crippen LogP contribution in [-0.4, -0.2) is 35.7 Å². The Balaban J connectivity index is 2.49. The second kappa shape index (κ2) is 5.36. The first-order valence-corrected chi connectivity index (χ1v) is 4.85. The topological polar surface area (TPSA) is 52.6 Å². The number of likely N-dealkylation sites (N-methyl/N-ethyl adjacent to an activating group) is 1. The number of nitrogens with one attached hydrogen (secondary N) is 1. The Labute approximate surface area is 89.5 Å². The highest BCUT2D eigenvalue weighted by molar-refractivity contribution is 5.89. The van der Waals surface area contributed by atoms with Crippen molar-refractivity contribution in [3.63, 3.8) is 0 Å². The summed E-state index contributed by atoms with van der Waals surface area (Å²) in [4.78, 5) is 13.0. The van der Waals surface area contributed by atoms with Crippen LogP contribution in [0, 0.1) is 0 Å². The zero-order chi connectivity index (χ0) is 11.3. The Kier molecular flexibility index (Phi) is 4.12. The predicted molar refractivity (Wildman–Crippen MR) is 59.8 cm³/mol. The fourth-order valence-corrected chi connectivity index (χ4v) is 1.22. The van der Waals surface area contributed by atoms with E-state index in [2.05, 4.69) is 5.32 Å². The second-order valence-electron chi connectivity index (χ2n) is 3.53. The number of hydrogen-bond donors (Lipinski definition) is 2.